The number of amides is 1. The molecule has 0 bridgehead atoms. The number of halogens is 7. The van der Waals surface area contributed by atoms with Gasteiger partial charge in [-0.05, 0) is 73.2 Å². The lowest BCUT2D eigenvalue weighted by molar-refractivity contribution is -0.143. The molecule has 1 aliphatic carbocycles. The Balaban J connectivity index is 1.54. The molecule has 1 unspecified atom stereocenters. The second-order valence-electron chi connectivity index (χ2n) is 10.0. The molecule has 1 amide bonds. The summed E-state index contributed by atoms with van der Waals surface area (Å²) in [7, 11) is 0. The van der Waals surface area contributed by atoms with Gasteiger partial charge in [-0.3, -0.25) is 4.90 Å². The SMILES string of the molecule is C[C@H]1[C@@H](c2cc(C(F)(F)F)cc(C(F)(F)F)c2)OC(=O)N1C(Cc1ccccc1)c1ccc(F)c(OC2CC2)c1. The Morgan fingerprint density at radius 1 is 0.925 bits per heavy atom. The van der Waals surface area contributed by atoms with Crippen molar-refractivity contribution in [3.63, 3.8) is 0 Å². The molecule has 0 N–H and O–H groups in total. The maximum atomic E-state index is 14.5. The van der Waals surface area contributed by atoms with E-state index in [1.54, 1.807) is 18.2 Å². The van der Waals surface area contributed by atoms with Crippen molar-refractivity contribution < 1.29 is 45.0 Å². The van der Waals surface area contributed by atoms with Crippen LogP contribution in [-0.2, 0) is 23.5 Å². The maximum absolute atomic E-state index is 14.5. The summed E-state index contributed by atoms with van der Waals surface area (Å²) < 4.78 is 107. The highest BCUT2D eigenvalue weighted by molar-refractivity contribution is 5.72. The standard InChI is InChI=1S/C29H24F7NO3/c1-16-26(19-12-20(28(31,32)33)15-21(13-19)29(34,35)36)40-27(38)37(16)24(11-17-5-3-2-4-6-17)18-7-10-23(30)25(14-18)39-22-8-9-22/h2-7,10,12-16,22,24,26H,8-9,11H2,1H3/t16-,24?,26-/m0/s1. The summed E-state index contributed by atoms with van der Waals surface area (Å²) in [6.45, 7) is 1.49. The Bertz CT molecular complexity index is 1350. The van der Waals surface area contributed by atoms with Crippen molar-refractivity contribution in [2.24, 2.45) is 0 Å². The zero-order valence-electron chi connectivity index (χ0n) is 21.1. The minimum absolute atomic E-state index is 0.00234. The van der Waals surface area contributed by atoms with Crippen molar-refractivity contribution in [1.82, 2.24) is 4.90 Å². The Labute approximate surface area is 225 Å². The van der Waals surface area contributed by atoms with Crippen LogP contribution in [0.5, 0.6) is 5.75 Å². The second-order valence-corrected chi connectivity index (χ2v) is 10.0. The van der Waals surface area contributed by atoms with Gasteiger partial charge in [-0.2, -0.15) is 26.3 Å². The van der Waals surface area contributed by atoms with Crippen LogP contribution >= 0.6 is 0 Å². The maximum Gasteiger partial charge on any atom is 0.416 e. The van der Waals surface area contributed by atoms with Gasteiger partial charge < -0.3 is 9.47 Å². The lowest BCUT2D eigenvalue weighted by Gasteiger charge is -2.31. The molecule has 0 aromatic heterocycles. The fourth-order valence-electron chi connectivity index (χ4n) is 4.88. The van der Waals surface area contributed by atoms with Gasteiger partial charge in [0.25, 0.3) is 0 Å². The molecule has 1 saturated carbocycles. The minimum atomic E-state index is -5.05. The minimum Gasteiger partial charge on any atom is -0.487 e. The normalized spacial score (nSPS) is 20.4. The van der Waals surface area contributed by atoms with E-state index in [9.17, 15) is 35.5 Å². The highest BCUT2D eigenvalue weighted by atomic mass is 19.4. The first-order valence-electron chi connectivity index (χ1n) is 12.6. The molecule has 0 spiro atoms. The number of rotatable bonds is 7. The zero-order chi connectivity index (χ0) is 28.8. The Morgan fingerprint density at radius 3 is 2.12 bits per heavy atom. The van der Waals surface area contributed by atoms with Crippen LogP contribution in [0.2, 0.25) is 0 Å². The summed E-state index contributed by atoms with van der Waals surface area (Å²) in [5.74, 6) is -0.588. The lowest BCUT2D eigenvalue weighted by Crippen LogP contribution is -2.37. The number of cyclic esters (lactones) is 1. The van der Waals surface area contributed by atoms with E-state index in [2.05, 4.69) is 0 Å². The highest BCUT2D eigenvalue weighted by Crippen LogP contribution is 2.44. The predicted octanol–water partition coefficient (Wildman–Crippen LogP) is 8.27. The molecular weight excluding hydrogens is 543 g/mol. The van der Waals surface area contributed by atoms with Crippen molar-refractivity contribution in [3.8, 4) is 5.75 Å². The molecule has 3 aromatic rings. The van der Waals surface area contributed by atoms with E-state index in [-0.39, 0.29) is 24.3 Å². The fraction of sp³-hybridized carbons (Fsp3) is 0.345. The van der Waals surface area contributed by atoms with Gasteiger partial charge in [0, 0.05) is 0 Å². The summed E-state index contributed by atoms with van der Waals surface area (Å²) in [4.78, 5) is 14.5. The third-order valence-corrected chi connectivity index (χ3v) is 7.02. The van der Waals surface area contributed by atoms with Gasteiger partial charge >= 0.3 is 18.4 Å². The van der Waals surface area contributed by atoms with Crippen LogP contribution in [0.15, 0.2) is 66.7 Å². The number of hydrogen-bond donors (Lipinski definition) is 0. The van der Waals surface area contributed by atoms with Crippen LogP contribution in [0.4, 0.5) is 35.5 Å². The monoisotopic (exact) mass is 567 g/mol. The fourth-order valence-corrected chi connectivity index (χ4v) is 4.88. The van der Waals surface area contributed by atoms with Crippen molar-refractivity contribution >= 4 is 6.09 Å². The van der Waals surface area contributed by atoms with Gasteiger partial charge in [0.1, 0.15) is 6.10 Å². The van der Waals surface area contributed by atoms with Crippen LogP contribution in [0, 0.1) is 5.82 Å². The molecule has 1 saturated heterocycles. The first kappa shape index (κ1) is 27.8. The highest BCUT2D eigenvalue weighted by Gasteiger charge is 2.46. The number of benzene rings is 3. The average Bonchev–Trinajstić information content (AvgIpc) is 3.66. The van der Waals surface area contributed by atoms with Crippen LogP contribution < -0.4 is 4.74 Å². The van der Waals surface area contributed by atoms with E-state index >= 15 is 0 Å². The van der Waals surface area contributed by atoms with Gasteiger partial charge in [0.2, 0.25) is 0 Å². The first-order chi connectivity index (χ1) is 18.8. The lowest BCUT2D eigenvalue weighted by atomic mass is 9.93. The molecule has 2 aliphatic rings. The molecule has 3 atom stereocenters. The third-order valence-electron chi connectivity index (χ3n) is 7.02. The van der Waals surface area contributed by atoms with Crippen LogP contribution in [0.25, 0.3) is 0 Å². The zero-order valence-corrected chi connectivity index (χ0v) is 21.1. The summed E-state index contributed by atoms with van der Waals surface area (Å²) in [5.41, 5.74) is -2.16. The van der Waals surface area contributed by atoms with Gasteiger partial charge in [-0.15, -0.1) is 0 Å². The number of carbonyl (C=O) groups is 1. The van der Waals surface area contributed by atoms with Gasteiger partial charge in [0.15, 0.2) is 11.6 Å². The average molecular weight is 568 g/mol. The number of alkyl halides is 6. The van der Waals surface area contributed by atoms with Gasteiger partial charge in [0.05, 0.1) is 29.3 Å². The number of ether oxygens (including phenoxy) is 2. The van der Waals surface area contributed by atoms with Crippen molar-refractivity contribution in [1.29, 1.82) is 0 Å². The van der Waals surface area contributed by atoms with Crippen LogP contribution in [0.1, 0.15) is 59.7 Å². The Hall–Kier alpha value is -3.76. The summed E-state index contributed by atoms with van der Waals surface area (Å²) in [5, 5.41) is 0. The topological polar surface area (TPSA) is 38.8 Å². The molecule has 0 radical (unpaired) electrons. The Morgan fingerprint density at radius 2 is 1.55 bits per heavy atom. The van der Waals surface area contributed by atoms with Crippen LogP contribution in [0.3, 0.4) is 0 Å². The molecule has 1 heterocycles. The number of nitrogens with zero attached hydrogens (tertiary/aromatic N) is 1. The molecule has 1 aliphatic heterocycles. The molecule has 5 rings (SSSR count). The van der Waals surface area contributed by atoms with E-state index in [0.29, 0.717) is 17.7 Å². The first-order valence-corrected chi connectivity index (χ1v) is 12.6. The third kappa shape index (κ3) is 5.88. The largest absolute Gasteiger partial charge is 0.487 e. The van der Waals surface area contributed by atoms with E-state index in [1.807, 2.05) is 12.1 Å². The van der Waals surface area contributed by atoms with E-state index in [4.69, 9.17) is 9.47 Å². The molecular formula is C29H24F7NO3. The molecule has 4 nitrogen and oxygen atoms in total. The molecule has 40 heavy (non-hydrogen) atoms. The quantitative estimate of drug-likeness (QED) is 0.270. The smallest absolute Gasteiger partial charge is 0.416 e. The predicted molar refractivity (Wildman–Crippen MR) is 130 cm³/mol. The second kappa shape index (κ2) is 10.3. The van der Waals surface area contributed by atoms with Crippen molar-refractivity contribution in [2.75, 3.05) is 0 Å². The molecule has 3 aromatic carbocycles. The van der Waals surface area contributed by atoms with Gasteiger partial charge in [-0.25, -0.2) is 9.18 Å². The van der Waals surface area contributed by atoms with Crippen molar-refractivity contribution in [3.05, 3.63) is 100 Å². The van der Waals surface area contributed by atoms with E-state index in [0.717, 1.165) is 18.4 Å². The molecule has 212 valence electrons. The summed E-state index contributed by atoms with van der Waals surface area (Å²) in [6.07, 6.45) is -10.8. The molecule has 2 fully saturated rings. The van der Waals surface area contributed by atoms with Crippen molar-refractivity contribution in [2.45, 2.75) is 62.8 Å². The molecule has 11 heteroatoms. The van der Waals surface area contributed by atoms with E-state index < -0.39 is 59.1 Å². The van der Waals surface area contributed by atoms with Crippen LogP contribution in [-0.4, -0.2) is 23.1 Å². The number of hydrogen-bond acceptors (Lipinski definition) is 3. The van der Waals surface area contributed by atoms with E-state index in [1.165, 1.54) is 30.0 Å². The van der Waals surface area contributed by atoms with Gasteiger partial charge in [-0.1, -0.05) is 36.4 Å². The number of carbonyl (C=O) groups excluding carboxylic acids is 1. The summed E-state index contributed by atoms with van der Waals surface area (Å²) >= 11 is 0. The summed E-state index contributed by atoms with van der Waals surface area (Å²) in [6, 6.07) is 12.6. The Kier molecular flexibility index (Phi) is 7.18.